The van der Waals surface area contributed by atoms with E-state index in [-0.39, 0.29) is 5.82 Å². The highest BCUT2D eigenvalue weighted by atomic mass is 16.5. The van der Waals surface area contributed by atoms with E-state index in [2.05, 4.69) is 57.7 Å². The highest BCUT2D eigenvalue weighted by Crippen LogP contribution is 2.31. The highest BCUT2D eigenvalue weighted by molar-refractivity contribution is 5.91. The van der Waals surface area contributed by atoms with Crippen molar-refractivity contribution in [1.29, 1.82) is 5.26 Å². The molecular weight excluding hydrogens is 426 g/mol. The fourth-order valence-electron chi connectivity index (χ4n) is 5.12. The van der Waals surface area contributed by atoms with Crippen LogP contribution in [0.15, 0.2) is 30.5 Å². The van der Waals surface area contributed by atoms with E-state index < -0.39 is 0 Å². The lowest BCUT2D eigenvalue weighted by molar-refractivity contribution is 0.145. The fourth-order valence-corrected chi connectivity index (χ4v) is 5.12. The van der Waals surface area contributed by atoms with Crippen LogP contribution in [0.4, 0.5) is 0 Å². The Hall–Kier alpha value is -2.95. The first-order chi connectivity index (χ1) is 16.6. The summed E-state index contributed by atoms with van der Waals surface area (Å²) in [6.45, 7) is 11.0. The quantitative estimate of drug-likeness (QED) is 0.520. The Morgan fingerprint density at radius 2 is 2.00 bits per heavy atom. The summed E-state index contributed by atoms with van der Waals surface area (Å²) in [4.78, 5) is 11.6. The zero-order chi connectivity index (χ0) is 23.5. The van der Waals surface area contributed by atoms with Crippen LogP contribution >= 0.6 is 0 Å². The zero-order valence-corrected chi connectivity index (χ0v) is 20.2. The molecule has 0 amide bonds. The van der Waals surface area contributed by atoms with Gasteiger partial charge in [0.2, 0.25) is 5.82 Å². The molecule has 1 aromatic carbocycles. The van der Waals surface area contributed by atoms with Crippen molar-refractivity contribution in [2.75, 3.05) is 39.5 Å². The summed E-state index contributed by atoms with van der Waals surface area (Å²) in [5.41, 5.74) is 3.66. The van der Waals surface area contributed by atoms with Gasteiger partial charge in [-0.3, -0.25) is 0 Å². The van der Waals surface area contributed by atoms with Crippen molar-refractivity contribution in [2.45, 2.75) is 39.7 Å². The lowest BCUT2D eigenvalue weighted by Crippen LogP contribution is -2.35. The third kappa shape index (κ3) is 4.79. The van der Waals surface area contributed by atoms with Gasteiger partial charge in [-0.2, -0.15) is 5.26 Å². The molecule has 0 radical (unpaired) electrons. The number of aromatic nitrogens is 3. The van der Waals surface area contributed by atoms with Crippen LogP contribution < -0.4 is 4.74 Å². The number of likely N-dealkylation sites (tertiary alicyclic amines) is 1. The third-order valence-electron chi connectivity index (χ3n) is 7.27. The summed E-state index contributed by atoms with van der Waals surface area (Å²) in [6, 6.07) is 10.4. The van der Waals surface area contributed by atoms with Gasteiger partial charge in [0, 0.05) is 36.2 Å². The average molecular weight is 460 g/mol. The van der Waals surface area contributed by atoms with Gasteiger partial charge in [-0.05, 0) is 81.6 Å². The second-order valence-electron chi connectivity index (χ2n) is 9.61. The summed E-state index contributed by atoms with van der Waals surface area (Å²) in [5, 5.41) is 10.5. The van der Waals surface area contributed by atoms with Crippen LogP contribution in [0.2, 0.25) is 0 Å². The van der Waals surface area contributed by atoms with Gasteiger partial charge in [-0.25, -0.2) is 9.97 Å². The van der Waals surface area contributed by atoms with E-state index in [1.54, 1.807) is 0 Å². The van der Waals surface area contributed by atoms with Gasteiger partial charge in [0.05, 0.1) is 18.9 Å². The molecule has 4 heterocycles. The van der Waals surface area contributed by atoms with Crippen molar-refractivity contribution < 1.29 is 9.47 Å². The van der Waals surface area contributed by atoms with Crippen molar-refractivity contribution in [3.63, 3.8) is 0 Å². The van der Waals surface area contributed by atoms with Crippen LogP contribution in [-0.2, 0) is 11.3 Å². The number of rotatable bonds is 7. The van der Waals surface area contributed by atoms with E-state index in [9.17, 15) is 5.26 Å². The van der Waals surface area contributed by atoms with Gasteiger partial charge in [-0.15, -0.1) is 0 Å². The highest BCUT2D eigenvalue weighted by Gasteiger charge is 2.21. The molecule has 7 nitrogen and oxygen atoms in total. The molecule has 0 N–H and O–H groups in total. The normalized spacial score (nSPS) is 19.5. The molecular formula is C27H33N5O2. The summed E-state index contributed by atoms with van der Waals surface area (Å²) in [7, 11) is 0. The average Bonchev–Trinajstić information content (AvgIpc) is 3.53. The number of hydrogen-bond acceptors (Lipinski definition) is 6. The standard InChI is InChI=1S/C27H33N5O2/c1-3-31-10-6-20(7-11-31)18-34-24-5-4-22(14-19(24)2)26-23-8-12-32(16-21-9-13-33-17-21)27(23)30-25(15-28)29-26/h4-5,8,12,14,20-21H,3,6-7,9-11,13,16-18H2,1-2H3. The van der Waals surface area contributed by atoms with E-state index in [1.165, 1.54) is 25.9 Å². The largest absolute Gasteiger partial charge is 0.493 e. The molecule has 1 unspecified atom stereocenters. The maximum absolute atomic E-state index is 9.58. The van der Waals surface area contributed by atoms with Gasteiger partial charge in [0.25, 0.3) is 0 Å². The molecule has 3 aromatic rings. The van der Waals surface area contributed by atoms with Crippen LogP contribution in [0.5, 0.6) is 5.75 Å². The molecule has 2 saturated heterocycles. The molecule has 2 aliphatic rings. The molecule has 7 heteroatoms. The molecule has 1 atom stereocenters. The van der Waals surface area contributed by atoms with Crippen molar-refractivity contribution in [2.24, 2.45) is 11.8 Å². The summed E-state index contributed by atoms with van der Waals surface area (Å²) in [5.74, 6) is 2.21. The smallest absolute Gasteiger partial charge is 0.234 e. The van der Waals surface area contributed by atoms with Crippen molar-refractivity contribution in [3.05, 3.63) is 41.9 Å². The van der Waals surface area contributed by atoms with E-state index in [1.807, 2.05) is 12.1 Å². The fraction of sp³-hybridized carbons (Fsp3) is 0.519. The van der Waals surface area contributed by atoms with Crippen molar-refractivity contribution >= 4 is 11.0 Å². The van der Waals surface area contributed by atoms with Gasteiger partial charge < -0.3 is 18.9 Å². The first-order valence-electron chi connectivity index (χ1n) is 12.5. The van der Waals surface area contributed by atoms with Crippen LogP contribution in [0.1, 0.15) is 37.6 Å². The molecule has 0 bridgehead atoms. The third-order valence-corrected chi connectivity index (χ3v) is 7.27. The molecule has 0 spiro atoms. The number of nitrogens with zero attached hydrogens (tertiary/aromatic N) is 5. The van der Waals surface area contributed by atoms with E-state index in [4.69, 9.17) is 9.47 Å². The van der Waals surface area contributed by atoms with Gasteiger partial charge in [-0.1, -0.05) is 6.92 Å². The molecule has 0 saturated carbocycles. The molecule has 178 valence electrons. The van der Waals surface area contributed by atoms with E-state index in [0.717, 1.165) is 72.9 Å². The van der Waals surface area contributed by atoms with Crippen LogP contribution in [0, 0.1) is 30.1 Å². The number of aryl methyl sites for hydroxylation is 1. The maximum Gasteiger partial charge on any atom is 0.234 e. The SMILES string of the molecule is CCN1CCC(COc2ccc(-c3nc(C#N)nc4c3ccn4CC3CCOC3)cc2C)CC1. The van der Waals surface area contributed by atoms with Crippen molar-refractivity contribution in [3.8, 4) is 23.1 Å². The minimum Gasteiger partial charge on any atom is -0.493 e. The number of nitriles is 1. The minimum absolute atomic E-state index is 0.196. The van der Waals surface area contributed by atoms with E-state index >= 15 is 0 Å². The number of hydrogen-bond donors (Lipinski definition) is 0. The monoisotopic (exact) mass is 459 g/mol. The second-order valence-corrected chi connectivity index (χ2v) is 9.61. The summed E-state index contributed by atoms with van der Waals surface area (Å²) >= 11 is 0. The Kier molecular flexibility index (Phi) is 6.80. The number of benzene rings is 1. The summed E-state index contributed by atoms with van der Waals surface area (Å²) < 4.78 is 13.9. The van der Waals surface area contributed by atoms with Crippen LogP contribution in [-0.4, -0.2) is 58.9 Å². The Bertz CT molecular complexity index is 1180. The number of piperidine rings is 1. The lowest BCUT2D eigenvalue weighted by Gasteiger charge is -2.30. The van der Waals surface area contributed by atoms with Crippen LogP contribution in [0.3, 0.4) is 0 Å². The second kappa shape index (κ2) is 10.1. The maximum atomic E-state index is 9.58. The van der Waals surface area contributed by atoms with Gasteiger partial charge >= 0.3 is 0 Å². The first kappa shape index (κ1) is 22.8. The van der Waals surface area contributed by atoms with Gasteiger partial charge in [0.1, 0.15) is 17.5 Å². The van der Waals surface area contributed by atoms with E-state index in [0.29, 0.717) is 11.8 Å². The Labute approximate surface area is 201 Å². The summed E-state index contributed by atoms with van der Waals surface area (Å²) in [6.07, 6.45) is 5.51. The molecule has 34 heavy (non-hydrogen) atoms. The Balaban J connectivity index is 1.36. The molecule has 0 aliphatic carbocycles. The number of fused-ring (bicyclic) bond motifs is 1. The van der Waals surface area contributed by atoms with Crippen molar-refractivity contribution in [1.82, 2.24) is 19.4 Å². The predicted molar refractivity (Wildman–Crippen MR) is 132 cm³/mol. The Morgan fingerprint density at radius 3 is 2.71 bits per heavy atom. The zero-order valence-electron chi connectivity index (χ0n) is 20.2. The van der Waals surface area contributed by atoms with Crippen LogP contribution in [0.25, 0.3) is 22.3 Å². The first-order valence-corrected chi connectivity index (χ1v) is 12.5. The molecule has 2 aromatic heterocycles. The number of ether oxygens (including phenoxy) is 2. The molecule has 2 aliphatic heterocycles. The molecule has 5 rings (SSSR count). The lowest BCUT2D eigenvalue weighted by atomic mass is 9.98. The minimum atomic E-state index is 0.196. The Morgan fingerprint density at radius 1 is 1.15 bits per heavy atom. The topological polar surface area (TPSA) is 76.2 Å². The van der Waals surface area contributed by atoms with Gasteiger partial charge in [0.15, 0.2) is 0 Å². The molecule has 2 fully saturated rings. The predicted octanol–water partition coefficient (Wildman–Crippen LogP) is 4.43.